The number of hydrogen-bond acceptors (Lipinski definition) is 2. The summed E-state index contributed by atoms with van der Waals surface area (Å²) in [5.74, 6) is 0.604. The molecule has 0 heterocycles. The van der Waals surface area contributed by atoms with Crippen LogP contribution in [0.2, 0.25) is 0 Å². The molecule has 110 valence electrons. The molecule has 3 nitrogen and oxygen atoms in total. The maximum absolute atomic E-state index is 12.3. The molecule has 0 fully saturated rings. The second kappa shape index (κ2) is 6.76. The van der Waals surface area contributed by atoms with Gasteiger partial charge >= 0.3 is 0 Å². The lowest BCUT2D eigenvalue weighted by Gasteiger charge is -2.16. The summed E-state index contributed by atoms with van der Waals surface area (Å²) in [4.78, 5) is 12.3. The number of ether oxygens (including phenoxy) is 1. The van der Waals surface area contributed by atoms with E-state index in [0.29, 0.717) is 5.56 Å². The molecule has 21 heavy (non-hydrogen) atoms. The van der Waals surface area contributed by atoms with Gasteiger partial charge in [0.1, 0.15) is 5.75 Å². The molecule has 2 aromatic rings. The van der Waals surface area contributed by atoms with Crippen molar-refractivity contribution in [3.05, 3.63) is 63.6 Å². The Kier molecular flexibility index (Phi) is 5.02. The van der Waals surface area contributed by atoms with E-state index in [2.05, 4.69) is 21.2 Å². The Hall–Kier alpha value is -1.81. The average Bonchev–Trinajstić information content (AvgIpc) is 2.48. The largest absolute Gasteiger partial charge is 0.496 e. The number of amides is 1. The molecule has 1 amide bonds. The maximum atomic E-state index is 12.3. The molecular weight excluding hydrogens is 330 g/mol. The van der Waals surface area contributed by atoms with E-state index < -0.39 is 0 Å². The van der Waals surface area contributed by atoms with Crippen molar-refractivity contribution in [1.29, 1.82) is 0 Å². The van der Waals surface area contributed by atoms with E-state index in [1.54, 1.807) is 19.2 Å². The van der Waals surface area contributed by atoms with E-state index in [-0.39, 0.29) is 11.9 Å². The van der Waals surface area contributed by atoms with Crippen molar-refractivity contribution in [2.75, 3.05) is 7.11 Å². The second-order valence-corrected chi connectivity index (χ2v) is 5.76. The Morgan fingerprint density at radius 1 is 1.24 bits per heavy atom. The van der Waals surface area contributed by atoms with Gasteiger partial charge in [0, 0.05) is 10.0 Å². The van der Waals surface area contributed by atoms with Gasteiger partial charge in [-0.25, -0.2) is 0 Å². The number of hydrogen-bond donors (Lipinski definition) is 1. The van der Waals surface area contributed by atoms with E-state index in [1.807, 2.05) is 44.2 Å². The van der Waals surface area contributed by atoms with Gasteiger partial charge in [0.2, 0.25) is 0 Å². The fourth-order valence-corrected chi connectivity index (χ4v) is 2.77. The first-order valence-corrected chi connectivity index (χ1v) is 7.52. The van der Waals surface area contributed by atoms with Crippen LogP contribution in [0.25, 0.3) is 0 Å². The summed E-state index contributed by atoms with van der Waals surface area (Å²) in [5, 5.41) is 3.00. The number of nitrogens with one attached hydrogen (secondary N) is 1. The third-order valence-electron chi connectivity index (χ3n) is 3.39. The predicted octanol–water partition coefficient (Wildman–Crippen LogP) is 4.26. The van der Waals surface area contributed by atoms with E-state index in [4.69, 9.17) is 4.74 Å². The van der Waals surface area contributed by atoms with Crippen LogP contribution < -0.4 is 10.1 Å². The third-order valence-corrected chi connectivity index (χ3v) is 4.11. The molecule has 0 radical (unpaired) electrons. The molecule has 2 aromatic carbocycles. The summed E-state index contributed by atoms with van der Waals surface area (Å²) in [5.41, 5.74) is 2.65. The van der Waals surface area contributed by atoms with Crippen molar-refractivity contribution in [2.45, 2.75) is 19.9 Å². The minimum Gasteiger partial charge on any atom is -0.496 e. The van der Waals surface area contributed by atoms with E-state index in [9.17, 15) is 4.79 Å². The minimum absolute atomic E-state index is 0.0830. The summed E-state index contributed by atoms with van der Waals surface area (Å²) in [6.07, 6.45) is 0. The van der Waals surface area contributed by atoms with Crippen LogP contribution in [0.5, 0.6) is 5.75 Å². The summed E-state index contributed by atoms with van der Waals surface area (Å²) < 4.78 is 6.24. The zero-order valence-electron chi connectivity index (χ0n) is 12.3. The van der Waals surface area contributed by atoms with Crippen molar-refractivity contribution in [1.82, 2.24) is 5.32 Å². The highest BCUT2D eigenvalue weighted by Crippen LogP contribution is 2.24. The van der Waals surface area contributed by atoms with Crippen molar-refractivity contribution in [3.8, 4) is 5.75 Å². The Labute approximate surface area is 133 Å². The molecule has 1 atom stereocenters. The Morgan fingerprint density at radius 3 is 2.62 bits per heavy atom. The van der Waals surface area contributed by atoms with Gasteiger partial charge in [-0.1, -0.05) is 40.2 Å². The van der Waals surface area contributed by atoms with Crippen LogP contribution in [0.15, 0.2) is 46.9 Å². The fraction of sp³-hybridized carbons (Fsp3) is 0.235. The first-order valence-electron chi connectivity index (χ1n) is 6.73. The fourth-order valence-electron chi connectivity index (χ4n) is 2.15. The van der Waals surface area contributed by atoms with Crippen molar-refractivity contribution < 1.29 is 9.53 Å². The quantitative estimate of drug-likeness (QED) is 0.897. The van der Waals surface area contributed by atoms with Crippen molar-refractivity contribution in [2.24, 2.45) is 0 Å². The van der Waals surface area contributed by atoms with E-state index in [1.165, 1.54) is 0 Å². The number of halogens is 1. The van der Waals surface area contributed by atoms with Crippen LogP contribution >= 0.6 is 15.9 Å². The summed E-state index contributed by atoms with van der Waals surface area (Å²) >= 11 is 3.50. The van der Waals surface area contributed by atoms with Crippen molar-refractivity contribution >= 4 is 21.8 Å². The number of carbonyl (C=O) groups is 1. The normalized spacial score (nSPS) is 11.8. The molecule has 0 spiro atoms. The zero-order valence-corrected chi connectivity index (χ0v) is 13.9. The molecule has 0 aliphatic heterocycles. The molecule has 0 aliphatic rings. The monoisotopic (exact) mass is 347 g/mol. The van der Waals surface area contributed by atoms with Crippen LogP contribution in [0.3, 0.4) is 0 Å². The topological polar surface area (TPSA) is 38.3 Å². The van der Waals surface area contributed by atoms with Gasteiger partial charge in [-0.2, -0.15) is 0 Å². The Morgan fingerprint density at radius 2 is 1.95 bits per heavy atom. The molecule has 0 saturated carbocycles. The van der Waals surface area contributed by atoms with Gasteiger partial charge in [0.05, 0.1) is 13.2 Å². The number of methoxy groups -OCH3 is 1. The van der Waals surface area contributed by atoms with Crippen LogP contribution in [0.4, 0.5) is 0 Å². The number of carbonyl (C=O) groups excluding carboxylic acids is 1. The first-order chi connectivity index (χ1) is 10.0. The smallest absolute Gasteiger partial charge is 0.251 e. The Balaban J connectivity index is 2.16. The molecule has 4 heteroatoms. The lowest BCUT2D eigenvalue weighted by atomic mass is 10.1. The van der Waals surface area contributed by atoms with E-state index >= 15 is 0 Å². The highest BCUT2D eigenvalue weighted by molar-refractivity contribution is 9.10. The molecule has 0 aliphatic carbocycles. The van der Waals surface area contributed by atoms with Crippen LogP contribution in [0, 0.1) is 6.92 Å². The first kappa shape index (κ1) is 15.6. The molecule has 2 rings (SSSR count). The maximum Gasteiger partial charge on any atom is 0.251 e. The number of rotatable bonds is 4. The van der Waals surface area contributed by atoms with Gasteiger partial charge in [0.25, 0.3) is 5.91 Å². The third kappa shape index (κ3) is 3.64. The number of aryl methyl sites for hydroxylation is 1. The highest BCUT2D eigenvalue weighted by atomic mass is 79.9. The molecule has 0 unspecified atom stereocenters. The number of benzene rings is 2. The standard InChI is InChI=1S/C17H18BrNO2/c1-11-8-9-13(10-16(11)21-3)17(20)19-12(2)14-6-4-5-7-15(14)18/h4-10,12H,1-3H3,(H,19,20)/t12-/m0/s1. The SMILES string of the molecule is COc1cc(C(=O)N[C@@H](C)c2ccccc2Br)ccc1C. The van der Waals surface area contributed by atoms with Crippen LogP contribution in [-0.4, -0.2) is 13.0 Å². The van der Waals surface area contributed by atoms with Gasteiger partial charge in [-0.15, -0.1) is 0 Å². The van der Waals surface area contributed by atoms with Gasteiger partial charge < -0.3 is 10.1 Å². The average molecular weight is 348 g/mol. The Bertz CT molecular complexity index is 655. The van der Waals surface area contributed by atoms with Gasteiger partial charge in [-0.3, -0.25) is 4.79 Å². The summed E-state index contributed by atoms with van der Waals surface area (Å²) in [7, 11) is 1.60. The predicted molar refractivity (Wildman–Crippen MR) is 87.8 cm³/mol. The summed E-state index contributed by atoms with van der Waals surface area (Å²) in [6, 6.07) is 13.2. The van der Waals surface area contributed by atoms with Gasteiger partial charge in [0.15, 0.2) is 0 Å². The van der Waals surface area contributed by atoms with Gasteiger partial charge in [-0.05, 0) is 43.2 Å². The summed E-state index contributed by atoms with van der Waals surface area (Å²) in [6.45, 7) is 3.91. The van der Waals surface area contributed by atoms with Crippen LogP contribution in [0.1, 0.15) is 34.5 Å². The minimum atomic E-state index is -0.114. The van der Waals surface area contributed by atoms with Crippen LogP contribution in [-0.2, 0) is 0 Å². The lowest BCUT2D eigenvalue weighted by molar-refractivity contribution is 0.0939. The second-order valence-electron chi connectivity index (χ2n) is 4.90. The molecule has 0 saturated heterocycles. The lowest BCUT2D eigenvalue weighted by Crippen LogP contribution is -2.26. The molecule has 1 N–H and O–H groups in total. The molecule has 0 bridgehead atoms. The van der Waals surface area contributed by atoms with Crippen molar-refractivity contribution in [3.63, 3.8) is 0 Å². The van der Waals surface area contributed by atoms with E-state index in [0.717, 1.165) is 21.3 Å². The molecule has 0 aromatic heterocycles. The zero-order chi connectivity index (χ0) is 15.4. The highest BCUT2D eigenvalue weighted by Gasteiger charge is 2.14. The molecular formula is C17H18BrNO2.